The van der Waals surface area contributed by atoms with Crippen molar-refractivity contribution >= 4 is 0 Å². The molecule has 0 amide bonds. The molecule has 1 atom stereocenters. The van der Waals surface area contributed by atoms with Crippen LogP contribution in [0.25, 0.3) is 0 Å². The molecular weight excluding hydrogens is 148 g/mol. The van der Waals surface area contributed by atoms with Crippen LogP contribution in [0, 0.1) is 16.7 Å². The van der Waals surface area contributed by atoms with Gasteiger partial charge in [0, 0.05) is 5.41 Å². The standard InChI is InChI=1S/C11H20O/c1-10(2,3)9-4-5-11(6-9)7-12-8-11/h9H,4-8H2,1-3H3/t9-/m1/s1. The van der Waals surface area contributed by atoms with Crippen molar-refractivity contribution in [2.75, 3.05) is 13.2 Å². The molecule has 1 aliphatic heterocycles. The zero-order chi connectivity index (χ0) is 8.82. The van der Waals surface area contributed by atoms with E-state index in [1.165, 1.54) is 19.3 Å². The Bertz CT molecular complexity index is 174. The third-order valence-electron chi connectivity index (χ3n) is 3.74. The molecule has 1 nitrogen and oxygen atoms in total. The van der Waals surface area contributed by atoms with Gasteiger partial charge in [0.2, 0.25) is 0 Å². The van der Waals surface area contributed by atoms with Crippen molar-refractivity contribution in [1.29, 1.82) is 0 Å². The van der Waals surface area contributed by atoms with Gasteiger partial charge in [-0.2, -0.15) is 0 Å². The Kier molecular flexibility index (Phi) is 1.76. The molecule has 0 aromatic heterocycles. The lowest BCUT2D eigenvalue weighted by Crippen LogP contribution is -2.40. The molecule has 0 radical (unpaired) electrons. The van der Waals surface area contributed by atoms with Crippen molar-refractivity contribution < 1.29 is 4.74 Å². The van der Waals surface area contributed by atoms with E-state index in [-0.39, 0.29) is 0 Å². The first-order valence-corrected chi connectivity index (χ1v) is 5.10. The van der Waals surface area contributed by atoms with Crippen LogP contribution < -0.4 is 0 Å². The topological polar surface area (TPSA) is 9.23 Å². The van der Waals surface area contributed by atoms with Crippen molar-refractivity contribution in [3.05, 3.63) is 0 Å². The van der Waals surface area contributed by atoms with Crippen molar-refractivity contribution in [3.63, 3.8) is 0 Å². The van der Waals surface area contributed by atoms with Gasteiger partial charge in [0.25, 0.3) is 0 Å². The largest absolute Gasteiger partial charge is 0.380 e. The Labute approximate surface area is 75.5 Å². The summed E-state index contributed by atoms with van der Waals surface area (Å²) in [5.74, 6) is 0.932. The molecule has 1 heterocycles. The zero-order valence-electron chi connectivity index (χ0n) is 8.52. The highest BCUT2D eigenvalue weighted by Gasteiger charge is 2.47. The molecular formula is C11H20O. The Morgan fingerprint density at radius 2 is 1.92 bits per heavy atom. The van der Waals surface area contributed by atoms with Crippen molar-refractivity contribution in [1.82, 2.24) is 0 Å². The SMILES string of the molecule is CC(C)(C)[C@@H]1CCC2(COC2)C1. The van der Waals surface area contributed by atoms with Crippen LogP contribution in [0.1, 0.15) is 40.0 Å². The zero-order valence-corrected chi connectivity index (χ0v) is 8.52. The average Bonchev–Trinajstić information content (AvgIpc) is 2.26. The average molecular weight is 168 g/mol. The van der Waals surface area contributed by atoms with Gasteiger partial charge in [-0.25, -0.2) is 0 Å². The van der Waals surface area contributed by atoms with E-state index < -0.39 is 0 Å². The Hall–Kier alpha value is -0.0400. The quantitative estimate of drug-likeness (QED) is 0.540. The summed E-state index contributed by atoms with van der Waals surface area (Å²) in [4.78, 5) is 0. The second-order valence-corrected chi connectivity index (χ2v) is 5.80. The molecule has 0 aromatic carbocycles. The number of hydrogen-bond acceptors (Lipinski definition) is 1. The first-order valence-electron chi connectivity index (χ1n) is 5.10. The predicted molar refractivity (Wildman–Crippen MR) is 50.0 cm³/mol. The number of rotatable bonds is 0. The number of hydrogen-bond donors (Lipinski definition) is 0. The summed E-state index contributed by atoms with van der Waals surface area (Å²) < 4.78 is 5.32. The van der Waals surface area contributed by atoms with E-state index in [1.807, 2.05) is 0 Å². The Morgan fingerprint density at radius 3 is 2.17 bits per heavy atom. The van der Waals surface area contributed by atoms with E-state index in [0.717, 1.165) is 19.1 Å². The van der Waals surface area contributed by atoms with Gasteiger partial charge in [-0.15, -0.1) is 0 Å². The first kappa shape index (κ1) is 8.55. The molecule has 0 unspecified atom stereocenters. The molecule has 1 saturated heterocycles. The third-order valence-corrected chi connectivity index (χ3v) is 3.74. The van der Waals surface area contributed by atoms with E-state index >= 15 is 0 Å². The first-order chi connectivity index (χ1) is 5.52. The normalized spacial score (nSPS) is 33.8. The molecule has 1 saturated carbocycles. The van der Waals surface area contributed by atoms with Gasteiger partial charge < -0.3 is 4.74 Å². The molecule has 12 heavy (non-hydrogen) atoms. The maximum Gasteiger partial charge on any atom is 0.0544 e. The molecule has 70 valence electrons. The van der Waals surface area contributed by atoms with E-state index in [0.29, 0.717) is 10.8 Å². The summed E-state index contributed by atoms with van der Waals surface area (Å²) in [6.07, 6.45) is 4.25. The fourth-order valence-corrected chi connectivity index (χ4v) is 2.60. The summed E-state index contributed by atoms with van der Waals surface area (Å²) in [6.45, 7) is 9.20. The van der Waals surface area contributed by atoms with Crippen molar-refractivity contribution in [2.45, 2.75) is 40.0 Å². The van der Waals surface area contributed by atoms with Gasteiger partial charge >= 0.3 is 0 Å². The smallest absolute Gasteiger partial charge is 0.0544 e. The minimum atomic E-state index is 0.513. The highest BCUT2D eigenvalue weighted by atomic mass is 16.5. The fourth-order valence-electron chi connectivity index (χ4n) is 2.60. The molecule has 1 aliphatic carbocycles. The summed E-state index contributed by atoms with van der Waals surface area (Å²) in [7, 11) is 0. The van der Waals surface area contributed by atoms with Crippen molar-refractivity contribution in [2.24, 2.45) is 16.7 Å². The minimum Gasteiger partial charge on any atom is -0.380 e. The Morgan fingerprint density at radius 1 is 1.25 bits per heavy atom. The molecule has 1 heteroatoms. The molecule has 2 fully saturated rings. The van der Waals surface area contributed by atoms with Gasteiger partial charge in [-0.1, -0.05) is 20.8 Å². The molecule has 2 rings (SSSR count). The van der Waals surface area contributed by atoms with Crippen LogP contribution in [-0.2, 0) is 4.74 Å². The van der Waals surface area contributed by atoms with E-state index in [1.54, 1.807) is 0 Å². The van der Waals surface area contributed by atoms with Crippen LogP contribution in [0.15, 0.2) is 0 Å². The van der Waals surface area contributed by atoms with Gasteiger partial charge in [0.15, 0.2) is 0 Å². The second kappa shape index (κ2) is 2.47. The molecule has 0 bridgehead atoms. The molecule has 0 aromatic rings. The van der Waals surface area contributed by atoms with Gasteiger partial charge in [-0.3, -0.25) is 0 Å². The fraction of sp³-hybridized carbons (Fsp3) is 1.00. The number of ether oxygens (including phenoxy) is 1. The molecule has 2 aliphatic rings. The van der Waals surface area contributed by atoms with Crippen molar-refractivity contribution in [3.8, 4) is 0 Å². The maximum atomic E-state index is 5.32. The predicted octanol–water partition coefficient (Wildman–Crippen LogP) is 2.85. The van der Waals surface area contributed by atoms with Crippen LogP contribution in [0.4, 0.5) is 0 Å². The lowest BCUT2D eigenvalue weighted by molar-refractivity contribution is -0.112. The van der Waals surface area contributed by atoms with Crippen LogP contribution in [-0.4, -0.2) is 13.2 Å². The van der Waals surface area contributed by atoms with Crippen LogP contribution >= 0.6 is 0 Å². The highest BCUT2D eigenvalue weighted by molar-refractivity contribution is 4.96. The molecule has 1 spiro atoms. The molecule has 0 N–H and O–H groups in total. The van der Waals surface area contributed by atoms with Gasteiger partial charge in [0.1, 0.15) is 0 Å². The second-order valence-electron chi connectivity index (χ2n) is 5.80. The summed E-state index contributed by atoms with van der Waals surface area (Å²) in [6, 6.07) is 0. The van der Waals surface area contributed by atoms with Crippen LogP contribution in [0.5, 0.6) is 0 Å². The van der Waals surface area contributed by atoms with E-state index in [4.69, 9.17) is 4.74 Å². The minimum absolute atomic E-state index is 0.513. The lowest BCUT2D eigenvalue weighted by atomic mass is 9.76. The summed E-state index contributed by atoms with van der Waals surface area (Å²) in [5, 5.41) is 0. The van der Waals surface area contributed by atoms with Crippen LogP contribution in [0.3, 0.4) is 0 Å². The van der Waals surface area contributed by atoms with Gasteiger partial charge in [-0.05, 0) is 30.6 Å². The van der Waals surface area contributed by atoms with Crippen LogP contribution in [0.2, 0.25) is 0 Å². The Balaban J connectivity index is 1.98. The highest BCUT2D eigenvalue weighted by Crippen LogP contribution is 2.52. The maximum absolute atomic E-state index is 5.32. The summed E-state index contributed by atoms with van der Waals surface area (Å²) >= 11 is 0. The lowest BCUT2D eigenvalue weighted by Gasteiger charge is -2.39. The van der Waals surface area contributed by atoms with E-state index in [2.05, 4.69) is 20.8 Å². The van der Waals surface area contributed by atoms with Gasteiger partial charge in [0.05, 0.1) is 13.2 Å². The van der Waals surface area contributed by atoms with E-state index in [9.17, 15) is 0 Å². The summed E-state index contributed by atoms with van der Waals surface area (Å²) in [5.41, 5.74) is 1.14. The monoisotopic (exact) mass is 168 g/mol. The third kappa shape index (κ3) is 1.28.